The lowest BCUT2D eigenvalue weighted by atomic mass is 10.2. The van der Waals surface area contributed by atoms with E-state index in [1.165, 1.54) is 5.19 Å². The van der Waals surface area contributed by atoms with Gasteiger partial charge in [0.25, 0.3) is 0 Å². The predicted molar refractivity (Wildman–Crippen MR) is 84.9 cm³/mol. The molecule has 0 aromatic heterocycles. The summed E-state index contributed by atoms with van der Waals surface area (Å²) in [5.41, 5.74) is 0. The van der Waals surface area contributed by atoms with Crippen LogP contribution in [0.25, 0.3) is 0 Å². The molecule has 0 aliphatic heterocycles. The standard InChI is InChI=1S/C16H29NSi/c1-8-17-18(15(2,3)4,16(5,6)7)14-12-10-9-11-13-14/h9-13,17H,8H2,1-7H3. The van der Waals surface area contributed by atoms with Crippen LogP contribution in [0, 0.1) is 0 Å². The van der Waals surface area contributed by atoms with Gasteiger partial charge in [-0.2, -0.15) is 0 Å². The first kappa shape index (κ1) is 15.5. The van der Waals surface area contributed by atoms with Crippen LogP contribution >= 0.6 is 0 Å². The van der Waals surface area contributed by atoms with Crippen molar-refractivity contribution < 1.29 is 0 Å². The Morgan fingerprint density at radius 1 is 0.889 bits per heavy atom. The molecule has 0 spiro atoms. The first-order chi connectivity index (χ1) is 8.17. The van der Waals surface area contributed by atoms with Gasteiger partial charge in [-0.1, -0.05) is 78.8 Å². The summed E-state index contributed by atoms with van der Waals surface area (Å²) in [4.78, 5) is 3.93. The second kappa shape index (κ2) is 5.18. The molecular weight excluding hydrogens is 234 g/mol. The molecule has 0 saturated carbocycles. The fraction of sp³-hybridized carbons (Fsp3) is 0.625. The summed E-state index contributed by atoms with van der Waals surface area (Å²) >= 11 is 0. The van der Waals surface area contributed by atoms with E-state index in [1.807, 2.05) is 0 Å². The number of benzene rings is 1. The number of hydrogen-bond acceptors (Lipinski definition) is 1. The minimum Gasteiger partial charge on any atom is -0.333 e. The zero-order chi connectivity index (χ0) is 14.0. The highest BCUT2D eigenvalue weighted by molar-refractivity contribution is 6.94. The quantitative estimate of drug-likeness (QED) is 0.811. The van der Waals surface area contributed by atoms with Crippen LogP contribution in [0.4, 0.5) is 0 Å². The van der Waals surface area contributed by atoms with E-state index >= 15 is 0 Å². The fourth-order valence-corrected chi connectivity index (χ4v) is 10.0. The van der Waals surface area contributed by atoms with Gasteiger partial charge < -0.3 is 4.98 Å². The number of rotatable bonds is 3. The predicted octanol–water partition coefficient (Wildman–Crippen LogP) is 4.05. The maximum absolute atomic E-state index is 3.93. The Morgan fingerprint density at radius 2 is 1.33 bits per heavy atom. The molecular formula is C16H29NSi. The minimum atomic E-state index is -1.82. The lowest BCUT2D eigenvalue weighted by molar-refractivity contribution is 0.595. The van der Waals surface area contributed by atoms with Crippen LogP contribution in [-0.4, -0.2) is 14.8 Å². The van der Waals surface area contributed by atoms with E-state index in [0.29, 0.717) is 0 Å². The molecule has 2 heteroatoms. The first-order valence-corrected chi connectivity index (χ1v) is 8.97. The Morgan fingerprint density at radius 3 is 1.67 bits per heavy atom. The van der Waals surface area contributed by atoms with Crippen LogP contribution in [0.1, 0.15) is 48.5 Å². The van der Waals surface area contributed by atoms with Gasteiger partial charge in [0, 0.05) is 0 Å². The zero-order valence-electron chi connectivity index (χ0n) is 13.1. The second-order valence-corrected chi connectivity index (χ2v) is 12.6. The van der Waals surface area contributed by atoms with E-state index in [0.717, 1.165) is 6.54 Å². The normalized spacial score (nSPS) is 13.7. The largest absolute Gasteiger partial charge is 0.333 e. The van der Waals surface area contributed by atoms with Crippen LogP contribution in [-0.2, 0) is 0 Å². The van der Waals surface area contributed by atoms with Gasteiger partial charge in [0.05, 0.1) is 0 Å². The van der Waals surface area contributed by atoms with Crippen LogP contribution in [0.3, 0.4) is 0 Å². The van der Waals surface area contributed by atoms with Crippen LogP contribution in [0.15, 0.2) is 30.3 Å². The van der Waals surface area contributed by atoms with E-state index in [1.54, 1.807) is 0 Å². The number of nitrogens with one attached hydrogen (secondary N) is 1. The summed E-state index contributed by atoms with van der Waals surface area (Å²) in [7, 11) is -1.82. The van der Waals surface area contributed by atoms with Gasteiger partial charge in [0.15, 0.2) is 8.24 Å². The third-order valence-electron chi connectivity index (χ3n) is 3.90. The summed E-state index contributed by atoms with van der Waals surface area (Å²) in [5.74, 6) is 0. The van der Waals surface area contributed by atoms with Gasteiger partial charge in [-0.05, 0) is 21.8 Å². The van der Waals surface area contributed by atoms with Crippen LogP contribution < -0.4 is 10.2 Å². The maximum atomic E-state index is 3.93. The third kappa shape index (κ3) is 2.55. The Bertz CT molecular complexity index is 356. The first-order valence-electron chi connectivity index (χ1n) is 6.97. The molecule has 1 aromatic rings. The van der Waals surface area contributed by atoms with E-state index in [2.05, 4.69) is 83.8 Å². The molecule has 0 bridgehead atoms. The molecule has 0 unspecified atom stereocenters. The molecule has 0 heterocycles. The Kier molecular flexibility index (Phi) is 4.45. The maximum Gasteiger partial charge on any atom is 0.168 e. The molecule has 0 amide bonds. The zero-order valence-corrected chi connectivity index (χ0v) is 14.1. The Balaban J connectivity index is 3.50. The minimum absolute atomic E-state index is 0.280. The molecule has 0 aliphatic rings. The molecule has 102 valence electrons. The SMILES string of the molecule is CCN[Si](c1ccccc1)(C(C)(C)C)C(C)(C)C. The Hall–Kier alpha value is -0.603. The smallest absolute Gasteiger partial charge is 0.168 e. The van der Waals surface area contributed by atoms with Crippen molar-refractivity contribution in [1.82, 2.24) is 4.98 Å². The third-order valence-corrected chi connectivity index (χ3v) is 10.5. The average molecular weight is 264 g/mol. The van der Waals surface area contributed by atoms with E-state index in [9.17, 15) is 0 Å². The molecule has 0 aliphatic carbocycles. The van der Waals surface area contributed by atoms with Crippen LogP contribution in [0.5, 0.6) is 0 Å². The molecule has 18 heavy (non-hydrogen) atoms. The molecule has 0 fully saturated rings. The van der Waals surface area contributed by atoms with Crippen molar-refractivity contribution in [2.24, 2.45) is 0 Å². The van der Waals surface area contributed by atoms with Crippen molar-refractivity contribution in [3.63, 3.8) is 0 Å². The molecule has 1 N–H and O–H groups in total. The van der Waals surface area contributed by atoms with Gasteiger partial charge in [0.2, 0.25) is 0 Å². The van der Waals surface area contributed by atoms with Crippen molar-refractivity contribution in [2.45, 2.75) is 58.5 Å². The average Bonchev–Trinajstić information content (AvgIpc) is 2.23. The summed E-state index contributed by atoms with van der Waals surface area (Å²) in [6, 6.07) is 11.1. The van der Waals surface area contributed by atoms with Crippen molar-refractivity contribution in [3.8, 4) is 0 Å². The molecule has 1 rings (SSSR count). The summed E-state index contributed by atoms with van der Waals surface area (Å²) in [5, 5.41) is 2.08. The van der Waals surface area contributed by atoms with Crippen molar-refractivity contribution in [2.75, 3.05) is 6.54 Å². The van der Waals surface area contributed by atoms with Gasteiger partial charge in [0.1, 0.15) is 0 Å². The van der Waals surface area contributed by atoms with Crippen molar-refractivity contribution in [3.05, 3.63) is 30.3 Å². The molecule has 1 nitrogen and oxygen atoms in total. The lowest BCUT2D eigenvalue weighted by Crippen LogP contribution is -2.71. The second-order valence-electron chi connectivity index (χ2n) is 7.15. The molecule has 1 aromatic carbocycles. The fourth-order valence-electron chi connectivity index (χ4n) is 3.58. The summed E-state index contributed by atoms with van der Waals surface area (Å²) < 4.78 is 0. The molecule has 0 atom stereocenters. The summed E-state index contributed by atoms with van der Waals surface area (Å²) in [6.07, 6.45) is 0. The van der Waals surface area contributed by atoms with Gasteiger partial charge in [-0.15, -0.1) is 0 Å². The topological polar surface area (TPSA) is 12.0 Å². The highest BCUT2D eigenvalue weighted by Gasteiger charge is 2.53. The van der Waals surface area contributed by atoms with Crippen LogP contribution in [0.2, 0.25) is 10.1 Å². The summed E-state index contributed by atoms with van der Waals surface area (Å²) in [6.45, 7) is 17.6. The van der Waals surface area contributed by atoms with Crippen molar-refractivity contribution in [1.29, 1.82) is 0 Å². The van der Waals surface area contributed by atoms with Gasteiger partial charge in [-0.25, -0.2) is 0 Å². The van der Waals surface area contributed by atoms with E-state index < -0.39 is 8.24 Å². The number of hydrogen-bond donors (Lipinski definition) is 1. The van der Waals surface area contributed by atoms with Crippen molar-refractivity contribution >= 4 is 13.4 Å². The van der Waals surface area contributed by atoms with Gasteiger partial charge >= 0.3 is 0 Å². The molecule has 0 saturated heterocycles. The highest BCUT2D eigenvalue weighted by Crippen LogP contribution is 2.48. The van der Waals surface area contributed by atoms with Gasteiger partial charge in [-0.3, -0.25) is 0 Å². The van der Waals surface area contributed by atoms with E-state index in [-0.39, 0.29) is 10.1 Å². The Labute approximate surface area is 114 Å². The lowest BCUT2D eigenvalue weighted by Gasteiger charge is -2.52. The highest BCUT2D eigenvalue weighted by atomic mass is 28.3. The molecule has 0 radical (unpaired) electrons. The van der Waals surface area contributed by atoms with E-state index in [4.69, 9.17) is 0 Å². The monoisotopic (exact) mass is 263 g/mol.